The second-order valence-electron chi connectivity index (χ2n) is 8.41. The van der Waals surface area contributed by atoms with E-state index in [0.717, 1.165) is 59.3 Å². The van der Waals surface area contributed by atoms with Crippen LogP contribution in [0.1, 0.15) is 30.9 Å². The molecule has 0 spiro atoms. The first-order valence-corrected chi connectivity index (χ1v) is 12.5. The van der Waals surface area contributed by atoms with Crippen molar-refractivity contribution in [1.82, 2.24) is 20.1 Å². The van der Waals surface area contributed by atoms with E-state index in [-0.39, 0.29) is 17.7 Å². The van der Waals surface area contributed by atoms with Crippen molar-refractivity contribution in [2.45, 2.75) is 30.5 Å². The standard InChI is InChI=1S/C25H24N4O4S/c30-23(15-34-25-28-27-24(33-25)18-14-26-19-6-2-1-5-17(18)19)29-10-3-7-20(29)16-8-9-21-22(13-16)32-12-4-11-31-21/h1-2,5-6,8-9,13-14,20,26H,3-4,7,10-12,15H2/t20-/m1/s1. The monoisotopic (exact) mass is 476 g/mol. The molecule has 0 unspecified atom stereocenters. The van der Waals surface area contributed by atoms with Gasteiger partial charge in [-0.15, -0.1) is 10.2 Å². The highest BCUT2D eigenvalue weighted by Gasteiger charge is 2.31. The first-order chi connectivity index (χ1) is 16.8. The molecular formula is C25H24N4O4S. The minimum absolute atomic E-state index is 0.0368. The lowest BCUT2D eigenvalue weighted by atomic mass is 10.0. The SMILES string of the molecule is O=C(CSc1nnc(-c2c[nH]c3ccccc23)o1)N1CCC[C@@H]1c1ccc2c(c1)OCCCO2. The Morgan fingerprint density at radius 1 is 1.09 bits per heavy atom. The Balaban J connectivity index is 1.13. The summed E-state index contributed by atoms with van der Waals surface area (Å²) in [5.74, 6) is 2.29. The number of nitrogens with one attached hydrogen (secondary N) is 1. The molecule has 4 heterocycles. The molecular weight excluding hydrogens is 452 g/mol. The predicted molar refractivity (Wildman–Crippen MR) is 128 cm³/mol. The fourth-order valence-corrected chi connectivity index (χ4v) is 5.28. The fourth-order valence-electron chi connectivity index (χ4n) is 4.63. The van der Waals surface area contributed by atoms with Gasteiger partial charge in [-0.2, -0.15) is 0 Å². The van der Waals surface area contributed by atoms with Crippen molar-refractivity contribution >= 4 is 28.6 Å². The van der Waals surface area contributed by atoms with Crippen LogP contribution in [0.25, 0.3) is 22.4 Å². The number of para-hydroxylation sites is 1. The number of H-pyrrole nitrogens is 1. The molecule has 9 heteroatoms. The van der Waals surface area contributed by atoms with E-state index < -0.39 is 0 Å². The topological polar surface area (TPSA) is 93.5 Å². The van der Waals surface area contributed by atoms with E-state index in [0.29, 0.717) is 24.3 Å². The molecule has 6 rings (SSSR count). The predicted octanol–water partition coefficient (Wildman–Crippen LogP) is 4.84. The third-order valence-electron chi connectivity index (χ3n) is 6.27. The summed E-state index contributed by atoms with van der Waals surface area (Å²) in [5.41, 5.74) is 2.95. The van der Waals surface area contributed by atoms with Crippen molar-refractivity contribution in [3.63, 3.8) is 0 Å². The average molecular weight is 477 g/mol. The quantitative estimate of drug-likeness (QED) is 0.412. The number of fused-ring (bicyclic) bond motifs is 2. The highest BCUT2D eigenvalue weighted by Crippen LogP contribution is 2.38. The lowest BCUT2D eigenvalue weighted by Crippen LogP contribution is -2.32. The minimum Gasteiger partial charge on any atom is -0.490 e. The van der Waals surface area contributed by atoms with Crippen molar-refractivity contribution < 1.29 is 18.7 Å². The molecule has 1 saturated heterocycles. The number of rotatable bonds is 5. The normalized spacial score (nSPS) is 17.8. The van der Waals surface area contributed by atoms with Gasteiger partial charge in [0.15, 0.2) is 11.5 Å². The third kappa shape index (κ3) is 4.00. The van der Waals surface area contributed by atoms with E-state index in [2.05, 4.69) is 15.2 Å². The molecule has 8 nitrogen and oxygen atoms in total. The smallest absolute Gasteiger partial charge is 0.277 e. The fraction of sp³-hybridized carbons (Fsp3) is 0.320. The largest absolute Gasteiger partial charge is 0.490 e. The van der Waals surface area contributed by atoms with Gasteiger partial charge in [-0.1, -0.05) is 36.0 Å². The number of aromatic nitrogens is 3. The van der Waals surface area contributed by atoms with Crippen LogP contribution in [-0.2, 0) is 4.79 Å². The van der Waals surface area contributed by atoms with Crippen molar-refractivity contribution in [2.75, 3.05) is 25.5 Å². The number of ether oxygens (including phenoxy) is 2. The zero-order valence-corrected chi connectivity index (χ0v) is 19.3. The van der Waals surface area contributed by atoms with E-state index in [9.17, 15) is 4.79 Å². The van der Waals surface area contributed by atoms with Crippen LogP contribution >= 0.6 is 11.8 Å². The van der Waals surface area contributed by atoms with Crippen molar-refractivity contribution in [3.8, 4) is 23.0 Å². The highest BCUT2D eigenvalue weighted by molar-refractivity contribution is 7.99. The summed E-state index contributed by atoms with van der Waals surface area (Å²) >= 11 is 1.28. The first-order valence-electron chi connectivity index (χ1n) is 11.5. The maximum Gasteiger partial charge on any atom is 0.277 e. The van der Waals surface area contributed by atoms with Crippen LogP contribution in [0.2, 0.25) is 0 Å². The van der Waals surface area contributed by atoms with E-state index in [1.807, 2.05) is 53.6 Å². The molecule has 1 atom stereocenters. The second-order valence-corrected chi connectivity index (χ2v) is 9.34. The molecule has 2 aromatic carbocycles. The molecule has 0 bridgehead atoms. The molecule has 2 aliphatic rings. The number of carbonyl (C=O) groups excluding carboxylic acids is 1. The molecule has 4 aromatic rings. The number of likely N-dealkylation sites (tertiary alicyclic amines) is 1. The van der Waals surface area contributed by atoms with Crippen LogP contribution in [-0.4, -0.2) is 51.5 Å². The summed E-state index contributed by atoms with van der Waals surface area (Å²) in [5, 5.41) is 9.74. The Hall–Kier alpha value is -3.46. The number of carbonyl (C=O) groups is 1. The highest BCUT2D eigenvalue weighted by atomic mass is 32.2. The van der Waals surface area contributed by atoms with Gasteiger partial charge in [-0.05, 0) is 36.6 Å². The number of thioether (sulfide) groups is 1. The molecule has 1 fully saturated rings. The van der Waals surface area contributed by atoms with Gasteiger partial charge in [0, 0.05) is 30.1 Å². The molecule has 34 heavy (non-hydrogen) atoms. The number of hydrogen-bond acceptors (Lipinski definition) is 7. The molecule has 0 saturated carbocycles. The van der Waals surface area contributed by atoms with Gasteiger partial charge >= 0.3 is 0 Å². The van der Waals surface area contributed by atoms with E-state index in [1.165, 1.54) is 11.8 Å². The van der Waals surface area contributed by atoms with Crippen LogP contribution in [0.3, 0.4) is 0 Å². The lowest BCUT2D eigenvalue weighted by Gasteiger charge is -2.25. The first kappa shape index (κ1) is 21.1. The van der Waals surface area contributed by atoms with Crippen LogP contribution in [0.15, 0.2) is 58.3 Å². The van der Waals surface area contributed by atoms with Gasteiger partial charge in [0.25, 0.3) is 11.1 Å². The van der Waals surface area contributed by atoms with Gasteiger partial charge in [0.2, 0.25) is 5.91 Å². The zero-order chi connectivity index (χ0) is 22.9. The zero-order valence-electron chi connectivity index (χ0n) is 18.5. The summed E-state index contributed by atoms with van der Waals surface area (Å²) in [4.78, 5) is 18.3. The summed E-state index contributed by atoms with van der Waals surface area (Å²) in [6.07, 6.45) is 4.64. The maximum atomic E-state index is 13.1. The number of benzene rings is 2. The molecule has 1 amide bonds. The summed E-state index contributed by atoms with van der Waals surface area (Å²) in [7, 11) is 0. The van der Waals surface area contributed by atoms with Gasteiger partial charge in [-0.3, -0.25) is 4.79 Å². The molecule has 174 valence electrons. The van der Waals surface area contributed by atoms with Crippen LogP contribution in [0, 0.1) is 0 Å². The van der Waals surface area contributed by atoms with Gasteiger partial charge in [0.05, 0.1) is 30.6 Å². The van der Waals surface area contributed by atoms with Crippen LogP contribution in [0.5, 0.6) is 11.5 Å². The minimum atomic E-state index is 0.0368. The Bertz CT molecular complexity index is 1330. The van der Waals surface area contributed by atoms with Gasteiger partial charge < -0.3 is 23.8 Å². The molecule has 1 N–H and O–H groups in total. The Morgan fingerprint density at radius 3 is 2.91 bits per heavy atom. The van der Waals surface area contributed by atoms with Gasteiger partial charge in [0.1, 0.15) is 0 Å². The number of aromatic amines is 1. The molecule has 0 radical (unpaired) electrons. The van der Waals surface area contributed by atoms with E-state index in [4.69, 9.17) is 13.9 Å². The molecule has 2 aromatic heterocycles. The van der Waals surface area contributed by atoms with E-state index in [1.54, 1.807) is 0 Å². The van der Waals surface area contributed by atoms with Crippen molar-refractivity contribution in [3.05, 3.63) is 54.2 Å². The molecule has 0 aliphatic carbocycles. The number of hydrogen-bond donors (Lipinski definition) is 1. The van der Waals surface area contributed by atoms with Crippen molar-refractivity contribution in [2.24, 2.45) is 0 Å². The Kier molecular flexibility index (Phi) is 5.62. The third-order valence-corrected chi connectivity index (χ3v) is 7.08. The number of nitrogens with zero attached hydrogens (tertiary/aromatic N) is 3. The second kappa shape index (κ2) is 9.06. The summed E-state index contributed by atoms with van der Waals surface area (Å²) in [6.45, 7) is 2.04. The Labute approximate surface area is 200 Å². The number of amides is 1. The molecule has 2 aliphatic heterocycles. The lowest BCUT2D eigenvalue weighted by molar-refractivity contribution is -0.129. The summed E-state index contributed by atoms with van der Waals surface area (Å²) < 4.78 is 17.4. The van der Waals surface area contributed by atoms with Crippen LogP contribution < -0.4 is 9.47 Å². The van der Waals surface area contributed by atoms with Crippen molar-refractivity contribution in [1.29, 1.82) is 0 Å². The Morgan fingerprint density at radius 2 is 1.97 bits per heavy atom. The summed E-state index contributed by atoms with van der Waals surface area (Å²) in [6, 6.07) is 14.0. The van der Waals surface area contributed by atoms with Gasteiger partial charge in [-0.25, -0.2) is 0 Å². The maximum absolute atomic E-state index is 13.1. The average Bonchev–Trinajstić information content (AvgIpc) is 3.59. The van der Waals surface area contributed by atoms with Crippen LogP contribution in [0.4, 0.5) is 0 Å². The van der Waals surface area contributed by atoms with E-state index >= 15 is 0 Å².